The van der Waals surface area contributed by atoms with Crippen LogP contribution in [0.3, 0.4) is 0 Å². The van der Waals surface area contributed by atoms with E-state index in [1.165, 1.54) is 51.9 Å². The van der Waals surface area contributed by atoms with E-state index >= 15 is 0 Å². The van der Waals surface area contributed by atoms with Crippen LogP contribution in [0.25, 0.3) is 0 Å². The summed E-state index contributed by atoms with van der Waals surface area (Å²) in [7, 11) is 0. The quantitative estimate of drug-likeness (QED) is 0.765. The van der Waals surface area contributed by atoms with E-state index in [0.717, 1.165) is 17.8 Å². The molecule has 2 rings (SSSR count). The second-order valence-electron chi connectivity index (χ2n) is 6.31. The minimum Gasteiger partial charge on any atom is -0.314 e. The molecule has 17 heavy (non-hydrogen) atoms. The van der Waals surface area contributed by atoms with Gasteiger partial charge in [0.2, 0.25) is 0 Å². The minimum absolute atomic E-state index is 0.700. The lowest BCUT2D eigenvalue weighted by molar-refractivity contribution is 0.155. The van der Waals surface area contributed by atoms with Gasteiger partial charge < -0.3 is 10.2 Å². The Balaban J connectivity index is 1.68. The summed E-state index contributed by atoms with van der Waals surface area (Å²) in [5, 5.41) is 3.79. The minimum atomic E-state index is 0.700. The third-order valence-electron chi connectivity index (χ3n) is 4.88. The summed E-state index contributed by atoms with van der Waals surface area (Å²) in [6.07, 6.45) is 5.76. The van der Waals surface area contributed by atoms with Gasteiger partial charge in [-0.3, -0.25) is 0 Å². The van der Waals surface area contributed by atoms with Crippen LogP contribution < -0.4 is 5.32 Å². The largest absolute Gasteiger partial charge is 0.314 e. The van der Waals surface area contributed by atoms with Crippen LogP contribution in [0.1, 0.15) is 46.5 Å². The molecule has 1 aliphatic heterocycles. The van der Waals surface area contributed by atoms with E-state index in [1.54, 1.807) is 0 Å². The van der Waals surface area contributed by atoms with Crippen molar-refractivity contribution in [2.45, 2.75) is 52.5 Å². The van der Waals surface area contributed by atoms with Crippen molar-refractivity contribution in [3.63, 3.8) is 0 Å². The highest BCUT2D eigenvalue weighted by atomic mass is 15.1. The zero-order valence-corrected chi connectivity index (χ0v) is 11.9. The smallest absolute Gasteiger partial charge is 0.00793 e. The van der Waals surface area contributed by atoms with Crippen LogP contribution in [0.15, 0.2) is 0 Å². The van der Waals surface area contributed by atoms with Crippen LogP contribution in [-0.2, 0) is 0 Å². The number of hydrogen-bond acceptors (Lipinski definition) is 2. The van der Waals surface area contributed by atoms with Gasteiger partial charge in [-0.2, -0.15) is 0 Å². The van der Waals surface area contributed by atoms with Crippen LogP contribution >= 0.6 is 0 Å². The van der Waals surface area contributed by atoms with Crippen LogP contribution in [-0.4, -0.2) is 37.1 Å². The first-order valence-electron chi connectivity index (χ1n) is 7.66. The zero-order valence-electron chi connectivity index (χ0n) is 11.9. The van der Waals surface area contributed by atoms with E-state index in [0.29, 0.717) is 6.04 Å². The van der Waals surface area contributed by atoms with Gasteiger partial charge in [-0.25, -0.2) is 0 Å². The number of piperidine rings is 1. The molecule has 1 saturated carbocycles. The topological polar surface area (TPSA) is 15.3 Å². The molecule has 1 aliphatic carbocycles. The average Bonchev–Trinajstić information content (AvgIpc) is 3.19. The number of nitrogens with one attached hydrogen (secondary N) is 1. The molecule has 3 unspecified atom stereocenters. The number of rotatable bonds is 6. The van der Waals surface area contributed by atoms with E-state index in [1.807, 2.05) is 0 Å². The normalized spacial score (nSPS) is 30.2. The molecule has 0 spiro atoms. The van der Waals surface area contributed by atoms with Gasteiger partial charge in [0.05, 0.1) is 0 Å². The summed E-state index contributed by atoms with van der Waals surface area (Å²) in [6, 6.07) is 0.700. The number of likely N-dealkylation sites (tertiary alicyclic amines) is 1. The fourth-order valence-electron chi connectivity index (χ4n) is 3.16. The molecule has 0 radical (unpaired) electrons. The van der Waals surface area contributed by atoms with Crippen molar-refractivity contribution in [2.24, 2.45) is 17.8 Å². The monoisotopic (exact) mass is 238 g/mol. The Kier molecular flexibility index (Phi) is 4.87. The highest BCUT2D eigenvalue weighted by molar-refractivity contribution is 4.83. The fourth-order valence-corrected chi connectivity index (χ4v) is 3.16. The second kappa shape index (κ2) is 6.19. The maximum atomic E-state index is 3.79. The van der Waals surface area contributed by atoms with Gasteiger partial charge in [-0.1, -0.05) is 13.8 Å². The van der Waals surface area contributed by atoms with E-state index in [9.17, 15) is 0 Å². The van der Waals surface area contributed by atoms with Crippen molar-refractivity contribution in [2.75, 3.05) is 26.2 Å². The van der Waals surface area contributed by atoms with Crippen molar-refractivity contribution in [3.8, 4) is 0 Å². The highest BCUT2D eigenvalue weighted by Crippen LogP contribution is 2.36. The SMILES string of the molecule is CCN1CCCC(C(C)NCC(C)C2CC2)C1. The van der Waals surface area contributed by atoms with Gasteiger partial charge in [-0.05, 0) is 70.0 Å². The second-order valence-corrected chi connectivity index (χ2v) is 6.31. The van der Waals surface area contributed by atoms with Crippen LogP contribution in [0.4, 0.5) is 0 Å². The summed E-state index contributed by atoms with van der Waals surface area (Å²) in [5.74, 6) is 2.80. The van der Waals surface area contributed by atoms with Crippen LogP contribution in [0, 0.1) is 17.8 Å². The van der Waals surface area contributed by atoms with Crippen molar-refractivity contribution >= 4 is 0 Å². The summed E-state index contributed by atoms with van der Waals surface area (Å²) >= 11 is 0. The number of hydrogen-bond donors (Lipinski definition) is 1. The summed E-state index contributed by atoms with van der Waals surface area (Å²) < 4.78 is 0. The third kappa shape index (κ3) is 3.96. The molecule has 0 amide bonds. The number of nitrogens with zero attached hydrogens (tertiary/aromatic N) is 1. The molecular formula is C15H30N2. The molecule has 0 bridgehead atoms. The van der Waals surface area contributed by atoms with Crippen molar-refractivity contribution in [3.05, 3.63) is 0 Å². The van der Waals surface area contributed by atoms with Crippen molar-refractivity contribution < 1.29 is 0 Å². The molecule has 2 aliphatic rings. The molecule has 1 saturated heterocycles. The molecule has 2 fully saturated rings. The Morgan fingerprint density at radius 1 is 1.18 bits per heavy atom. The van der Waals surface area contributed by atoms with Gasteiger partial charge in [0.1, 0.15) is 0 Å². The van der Waals surface area contributed by atoms with Gasteiger partial charge >= 0.3 is 0 Å². The van der Waals surface area contributed by atoms with E-state index in [-0.39, 0.29) is 0 Å². The molecular weight excluding hydrogens is 208 g/mol. The first-order chi connectivity index (χ1) is 8.20. The van der Waals surface area contributed by atoms with Crippen molar-refractivity contribution in [1.82, 2.24) is 10.2 Å². The Morgan fingerprint density at radius 3 is 2.59 bits per heavy atom. The first-order valence-corrected chi connectivity index (χ1v) is 7.66. The Hall–Kier alpha value is -0.0800. The first kappa shape index (κ1) is 13.4. The maximum Gasteiger partial charge on any atom is 0.00793 e. The Morgan fingerprint density at radius 2 is 1.94 bits per heavy atom. The van der Waals surface area contributed by atoms with Crippen LogP contribution in [0.5, 0.6) is 0 Å². The van der Waals surface area contributed by atoms with E-state index in [2.05, 4.69) is 31.0 Å². The lowest BCUT2D eigenvalue weighted by atomic mass is 9.91. The summed E-state index contributed by atoms with van der Waals surface area (Å²) in [4.78, 5) is 2.61. The molecule has 3 atom stereocenters. The lowest BCUT2D eigenvalue weighted by Gasteiger charge is -2.36. The van der Waals surface area contributed by atoms with Crippen molar-refractivity contribution in [1.29, 1.82) is 0 Å². The predicted octanol–water partition coefficient (Wildman–Crippen LogP) is 2.74. The molecule has 1 N–H and O–H groups in total. The maximum absolute atomic E-state index is 3.79. The van der Waals surface area contributed by atoms with Gasteiger partial charge in [0.25, 0.3) is 0 Å². The zero-order chi connectivity index (χ0) is 12.3. The predicted molar refractivity (Wildman–Crippen MR) is 74.2 cm³/mol. The van der Waals surface area contributed by atoms with Gasteiger partial charge in [0.15, 0.2) is 0 Å². The van der Waals surface area contributed by atoms with Crippen LogP contribution in [0.2, 0.25) is 0 Å². The average molecular weight is 238 g/mol. The highest BCUT2D eigenvalue weighted by Gasteiger charge is 2.29. The molecule has 100 valence electrons. The van der Waals surface area contributed by atoms with E-state index in [4.69, 9.17) is 0 Å². The molecule has 0 aromatic heterocycles. The molecule has 2 heteroatoms. The Bertz CT molecular complexity index is 225. The summed E-state index contributed by atoms with van der Waals surface area (Å²) in [6.45, 7) is 12.2. The molecule has 1 heterocycles. The molecule has 0 aromatic carbocycles. The lowest BCUT2D eigenvalue weighted by Crippen LogP contribution is -2.45. The molecule has 0 aromatic rings. The summed E-state index contributed by atoms with van der Waals surface area (Å²) in [5.41, 5.74) is 0. The van der Waals surface area contributed by atoms with Gasteiger partial charge in [0, 0.05) is 12.6 Å². The Labute approximate surface area is 107 Å². The molecule has 2 nitrogen and oxygen atoms in total. The van der Waals surface area contributed by atoms with Gasteiger partial charge in [-0.15, -0.1) is 0 Å². The standard InChI is InChI=1S/C15H30N2/c1-4-17-9-5-6-15(11-17)13(3)16-10-12(2)14-7-8-14/h12-16H,4-11H2,1-3H3. The third-order valence-corrected chi connectivity index (χ3v) is 4.88. The van der Waals surface area contributed by atoms with E-state index < -0.39 is 0 Å². The fraction of sp³-hybridized carbons (Fsp3) is 1.00.